The number of carbonyl (C=O) groups excluding carboxylic acids is 1. The van der Waals surface area contributed by atoms with E-state index in [1.54, 1.807) is 0 Å². The predicted molar refractivity (Wildman–Crippen MR) is 68.8 cm³/mol. The number of allylic oxidation sites excluding steroid dienone is 1. The van der Waals surface area contributed by atoms with Crippen LogP contribution in [-0.2, 0) is 14.3 Å². The Kier molecular flexibility index (Phi) is 4.42. The number of hydrogen-bond acceptors (Lipinski definition) is 4. The molecule has 100 valence electrons. The summed E-state index contributed by atoms with van der Waals surface area (Å²) in [7, 11) is 0. The van der Waals surface area contributed by atoms with Crippen molar-refractivity contribution in [2.45, 2.75) is 39.3 Å². The third-order valence-corrected chi connectivity index (χ3v) is 3.39. The summed E-state index contributed by atoms with van der Waals surface area (Å²) in [5.74, 6) is -0.166. The molecule has 4 nitrogen and oxygen atoms in total. The number of esters is 1. The van der Waals surface area contributed by atoms with Crippen LogP contribution in [0, 0.1) is 0 Å². The molecule has 2 heterocycles. The summed E-state index contributed by atoms with van der Waals surface area (Å²) in [6, 6.07) is 0. The van der Waals surface area contributed by atoms with Gasteiger partial charge in [-0.2, -0.15) is 0 Å². The van der Waals surface area contributed by atoms with Gasteiger partial charge in [0.2, 0.25) is 0 Å². The summed E-state index contributed by atoms with van der Waals surface area (Å²) in [5.41, 5.74) is 1.91. The smallest absolute Gasteiger partial charge is 0.335 e. The Morgan fingerprint density at radius 3 is 3.06 bits per heavy atom. The van der Waals surface area contributed by atoms with Crippen LogP contribution in [0.2, 0.25) is 0 Å². The molecule has 0 aliphatic carbocycles. The van der Waals surface area contributed by atoms with Crippen LogP contribution in [0.3, 0.4) is 0 Å². The fraction of sp³-hybridized carbons (Fsp3) is 0.643. The van der Waals surface area contributed by atoms with Gasteiger partial charge < -0.3 is 14.4 Å². The first-order chi connectivity index (χ1) is 8.77. The minimum Gasteiger partial charge on any atom is -0.463 e. The molecule has 0 amide bonds. The van der Waals surface area contributed by atoms with E-state index >= 15 is 0 Å². The molecule has 0 spiro atoms. The lowest BCUT2D eigenvalue weighted by atomic mass is 9.99. The molecule has 2 aliphatic heterocycles. The van der Waals surface area contributed by atoms with Crippen molar-refractivity contribution < 1.29 is 14.3 Å². The van der Waals surface area contributed by atoms with E-state index in [4.69, 9.17) is 9.47 Å². The highest BCUT2D eigenvalue weighted by Crippen LogP contribution is 2.31. The number of fused-ring (bicyclic) bond motifs is 1. The molecule has 0 bridgehead atoms. The Bertz CT molecular complexity index is 373. The molecule has 2 aliphatic rings. The molecule has 0 saturated carbocycles. The molecule has 18 heavy (non-hydrogen) atoms. The van der Waals surface area contributed by atoms with Gasteiger partial charge in [-0.1, -0.05) is 19.1 Å². The van der Waals surface area contributed by atoms with Crippen LogP contribution in [0.1, 0.15) is 33.1 Å². The molecular formula is C14H21NO3. The third-order valence-electron chi connectivity index (χ3n) is 3.39. The monoisotopic (exact) mass is 251 g/mol. The van der Waals surface area contributed by atoms with Gasteiger partial charge in [-0.05, 0) is 26.2 Å². The van der Waals surface area contributed by atoms with Gasteiger partial charge in [-0.15, -0.1) is 0 Å². The van der Waals surface area contributed by atoms with Crippen LogP contribution in [0.15, 0.2) is 23.4 Å². The number of carbonyl (C=O) groups is 1. The van der Waals surface area contributed by atoms with E-state index in [1.807, 2.05) is 13.0 Å². The third kappa shape index (κ3) is 2.58. The average Bonchev–Trinajstić information content (AvgIpc) is 2.62. The second-order valence-electron chi connectivity index (χ2n) is 4.45. The predicted octanol–water partition coefficient (Wildman–Crippen LogP) is 2.22. The Morgan fingerprint density at radius 1 is 1.50 bits per heavy atom. The summed E-state index contributed by atoms with van der Waals surface area (Å²) in [6.45, 7) is 5.82. The molecule has 0 aromatic rings. The molecule has 0 N–H and O–H groups in total. The summed E-state index contributed by atoms with van der Waals surface area (Å²) in [6.07, 6.45) is 6.69. The SMILES string of the molecule is CCOC(=O)C1=C(CC)N2CC=CCOC2CC1. The van der Waals surface area contributed by atoms with Gasteiger partial charge in [0, 0.05) is 12.2 Å². The first-order valence-corrected chi connectivity index (χ1v) is 6.70. The zero-order chi connectivity index (χ0) is 13.0. The van der Waals surface area contributed by atoms with Gasteiger partial charge in [0.1, 0.15) is 6.23 Å². The molecule has 0 fully saturated rings. The van der Waals surface area contributed by atoms with Crippen LogP contribution in [-0.4, -0.2) is 36.9 Å². The summed E-state index contributed by atoms with van der Waals surface area (Å²) in [4.78, 5) is 14.2. The van der Waals surface area contributed by atoms with E-state index in [2.05, 4.69) is 17.9 Å². The molecule has 2 rings (SSSR count). The van der Waals surface area contributed by atoms with Crippen molar-refractivity contribution in [3.8, 4) is 0 Å². The molecular weight excluding hydrogens is 230 g/mol. The van der Waals surface area contributed by atoms with Crippen molar-refractivity contribution in [1.29, 1.82) is 0 Å². The highest BCUT2D eigenvalue weighted by Gasteiger charge is 2.31. The van der Waals surface area contributed by atoms with Crippen LogP contribution in [0.5, 0.6) is 0 Å². The van der Waals surface area contributed by atoms with Crippen molar-refractivity contribution >= 4 is 5.97 Å². The minimum atomic E-state index is -0.166. The minimum absolute atomic E-state index is 0.105. The zero-order valence-electron chi connectivity index (χ0n) is 11.1. The maximum Gasteiger partial charge on any atom is 0.335 e. The molecule has 0 radical (unpaired) electrons. The van der Waals surface area contributed by atoms with E-state index in [-0.39, 0.29) is 12.2 Å². The molecule has 4 heteroatoms. The molecule has 0 aromatic carbocycles. The standard InChI is InChI=1S/C14H21NO3/c1-3-12-11(14(16)17-4-2)7-8-13-15(12)9-5-6-10-18-13/h5-6,13H,3-4,7-10H2,1-2H3. The highest BCUT2D eigenvalue weighted by atomic mass is 16.5. The van der Waals surface area contributed by atoms with Crippen LogP contribution >= 0.6 is 0 Å². The highest BCUT2D eigenvalue weighted by molar-refractivity contribution is 5.89. The second kappa shape index (κ2) is 6.05. The maximum absolute atomic E-state index is 12.0. The summed E-state index contributed by atoms with van der Waals surface area (Å²) < 4.78 is 10.9. The largest absolute Gasteiger partial charge is 0.463 e. The number of nitrogens with zero attached hydrogens (tertiary/aromatic N) is 1. The number of ether oxygens (including phenoxy) is 2. The molecule has 1 atom stereocenters. The lowest BCUT2D eigenvalue weighted by molar-refractivity contribution is -0.139. The number of rotatable bonds is 3. The normalized spacial score (nSPS) is 23.7. The Hall–Kier alpha value is -1.29. The zero-order valence-corrected chi connectivity index (χ0v) is 11.1. The van der Waals surface area contributed by atoms with Crippen molar-refractivity contribution in [3.05, 3.63) is 23.4 Å². The van der Waals surface area contributed by atoms with E-state index in [1.165, 1.54) is 0 Å². The molecule has 0 aromatic heterocycles. The van der Waals surface area contributed by atoms with Crippen molar-refractivity contribution in [2.24, 2.45) is 0 Å². The molecule has 0 saturated heterocycles. The Morgan fingerprint density at radius 2 is 2.33 bits per heavy atom. The van der Waals surface area contributed by atoms with Crippen LogP contribution < -0.4 is 0 Å². The lowest BCUT2D eigenvalue weighted by Crippen LogP contribution is -2.40. The van der Waals surface area contributed by atoms with Gasteiger partial charge >= 0.3 is 5.97 Å². The lowest BCUT2D eigenvalue weighted by Gasteiger charge is -2.38. The van der Waals surface area contributed by atoms with E-state index in [9.17, 15) is 4.79 Å². The Balaban J connectivity index is 2.25. The van der Waals surface area contributed by atoms with Crippen LogP contribution in [0.25, 0.3) is 0 Å². The first-order valence-electron chi connectivity index (χ1n) is 6.70. The first kappa shape index (κ1) is 13.1. The summed E-state index contributed by atoms with van der Waals surface area (Å²) >= 11 is 0. The van der Waals surface area contributed by atoms with Gasteiger partial charge in [0.25, 0.3) is 0 Å². The average molecular weight is 251 g/mol. The fourth-order valence-corrected chi connectivity index (χ4v) is 2.59. The van der Waals surface area contributed by atoms with Crippen molar-refractivity contribution in [2.75, 3.05) is 19.8 Å². The van der Waals surface area contributed by atoms with Gasteiger partial charge in [-0.3, -0.25) is 0 Å². The summed E-state index contributed by atoms with van der Waals surface area (Å²) in [5, 5.41) is 0. The van der Waals surface area contributed by atoms with Crippen molar-refractivity contribution in [1.82, 2.24) is 4.90 Å². The van der Waals surface area contributed by atoms with Gasteiger partial charge in [-0.25, -0.2) is 4.79 Å². The molecule has 1 unspecified atom stereocenters. The fourth-order valence-electron chi connectivity index (χ4n) is 2.59. The second-order valence-corrected chi connectivity index (χ2v) is 4.45. The van der Waals surface area contributed by atoms with Gasteiger partial charge in [0.15, 0.2) is 0 Å². The van der Waals surface area contributed by atoms with Crippen LogP contribution in [0.4, 0.5) is 0 Å². The van der Waals surface area contributed by atoms with Gasteiger partial charge in [0.05, 0.1) is 18.8 Å². The number of hydrogen-bond donors (Lipinski definition) is 0. The maximum atomic E-state index is 12.0. The van der Waals surface area contributed by atoms with E-state index in [0.29, 0.717) is 13.2 Å². The van der Waals surface area contributed by atoms with E-state index in [0.717, 1.165) is 37.1 Å². The topological polar surface area (TPSA) is 38.8 Å². The quantitative estimate of drug-likeness (QED) is 0.569. The van der Waals surface area contributed by atoms with E-state index < -0.39 is 0 Å². The van der Waals surface area contributed by atoms with Crippen molar-refractivity contribution in [3.63, 3.8) is 0 Å². The Labute approximate surface area is 108 Å².